The summed E-state index contributed by atoms with van der Waals surface area (Å²) < 4.78 is 10.1. The maximum atomic E-state index is 9.24. The van der Waals surface area contributed by atoms with Crippen LogP contribution in [0.4, 0.5) is 0 Å². The van der Waals surface area contributed by atoms with Crippen molar-refractivity contribution in [2.45, 2.75) is 46.7 Å². The van der Waals surface area contributed by atoms with Gasteiger partial charge in [-0.3, -0.25) is 4.90 Å². The zero-order valence-electron chi connectivity index (χ0n) is 10.4. The zero-order valence-corrected chi connectivity index (χ0v) is 11.3. The van der Waals surface area contributed by atoms with Crippen LogP contribution in [-0.2, 0) is 9.05 Å². The van der Waals surface area contributed by atoms with Gasteiger partial charge >= 0.3 is 8.60 Å². The fourth-order valence-corrected chi connectivity index (χ4v) is 2.02. The van der Waals surface area contributed by atoms with E-state index in [4.69, 9.17) is 9.05 Å². The maximum absolute atomic E-state index is 9.24. The van der Waals surface area contributed by atoms with Gasteiger partial charge < -0.3 is 13.9 Å². The first-order chi connectivity index (χ1) is 6.99. The molecular weight excluding hydrogens is 213 g/mol. The minimum Gasteiger partial charge on any atom is -0.328 e. The molecule has 4 nitrogen and oxygen atoms in total. The Kier molecular flexibility index (Phi) is 8.58. The van der Waals surface area contributed by atoms with Crippen LogP contribution in [0.15, 0.2) is 0 Å². The molecule has 0 amide bonds. The van der Waals surface area contributed by atoms with Crippen LogP contribution in [-0.4, -0.2) is 41.6 Å². The molecule has 0 aliphatic rings. The molecule has 0 aromatic rings. The third-order valence-electron chi connectivity index (χ3n) is 2.12. The second-order valence-corrected chi connectivity index (χ2v) is 4.91. The van der Waals surface area contributed by atoms with Crippen LogP contribution in [0, 0.1) is 0 Å². The van der Waals surface area contributed by atoms with Gasteiger partial charge in [-0.1, -0.05) is 0 Å². The van der Waals surface area contributed by atoms with E-state index in [1.165, 1.54) is 0 Å². The Bertz CT molecular complexity index is 148. The van der Waals surface area contributed by atoms with Gasteiger partial charge in [0.15, 0.2) is 0 Å². The number of hydrogen-bond donors (Lipinski definition) is 1. The summed E-state index contributed by atoms with van der Waals surface area (Å²) in [6, 6.07) is 0.983. The Morgan fingerprint density at radius 2 is 1.67 bits per heavy atom. The van der Waals surface area contributed by atoms with E-state index in [9.17, 15) is 4.89 Å². The molecule has 0 fully saturated rings. The fourth-order valence-electron chi connectivity index (χ4n) is 1.48. The summed E-state index contributed by atoms with van der Waals surface area (Å²) in [4.78, 5) is 11.6. The highest BCUT2D eigenvalue weighted by molar-refractivity contribution is 7.40. The summed E-state index contributed by atoms with van der Waals surface area (Å²) in [6.45, 7) is 12.3. The Morgan fingerprint density at radius 3 is 2.07 bits per heavy atom. The van der Waals surface area contributed by atoms with Gasteiger partial charge in [-0.2, -0.15) is 0 Å². The molecule has 92 valence electrons. The molecule has 15 heavy (non-hydrogen) atoms. The fraction of sp³-hybridized carbons (Fsp3) is 1.00. The van der Waals surface area contributed by atoms with E-state index in [2.05, 4.69) is 32.6 Å². The molecule has 0 radical (unpaired) electrons. The highest BCUT2D eigenvalue weighted by Crippen LogP contribution is 2.31. The van der Waals surface area contributed by atoms with Gasteiger partial charge in [0.05, 0.1) is 13.2 Å². The SMILES string of the molecule is CCOP(O)OCCN(C(C)C)C(C)C. The van der Waals surface area contributed by atoms with Crippen molar-refractivity contribution in [2.24, 2.45) is 0 Å². The number of rotatable bonds is 8. The molecule has 0 saturated carbocycles. The molecule has 0 heterocycles. The van der Waals surface area contributed by atoms with Crippen molar-refractivity contribution < 1.29 is 13.9 Å². The van der Waals surface area contributed by atoms with Crippen LogP contribution in [0.3, 0.4) is 0 Å². The molecule has 1 N–H and O–H groups in total. The van der Waals surface area contributed by atoms with Crippen molar-refractivity contribution in [1.82, 2.24) is 4.90 Å². The lowest BCUT2D eigenvalue weighted by molar-refractivity contribution is 0.128. The van der Waals surface area contributed by atoms with Gasteiger partial charge in [0, 0.05) is 18.6 Å². The van der Waals surface area contributed by atoms with E-state index in [1.807, 2.05) is 6.92 Å². The Hall–Kier alpha value is 0.270. The van der Waals surface area contributed by atoms with Crippen LogP contribution < -0.4 is 0 Å². The van der Waals surface area contributed by atoms with Gasteiger partial charge in [0.1, 0.15) is 0 Å². The largest absolute Gasteiger partial charge is 0.329 e. The first kappa shape index (κ1) is 15.3. The van der Waals surface area contributed by atoms with Crippen molar-refractivity contribution in [3.63, 3.8) is 0 Å². The molecule has 0 aliphatic heterocycles. The average Bonchev–Trinajstić information content (AvgIpc) is 2.11. The van der Waals surface area contributed by atoms with E-state index in [0.29, 0.717) is 25.3 Å². The summed E-state index contributed by atoms with van der Waals surface area (Å²) in [6.07, 6.45) is 0. The molecule has 0 spiro atoms. The van der Waals surface area contributed by atoms with E-state index in [-0.39, 0.29) is 0 Å². The molecule has 0 saturated heterocycles. The molecule has 0 bridgehead atoms. The third-order valence-corrected chi connectivity index (χ3v) is 3.00. The summed E-state index contributed by atoms with van der Waals surface area (Å²) in [7, 11) is -1.68. The van der Waals surface area contributed by atoms with Crippen LogP contribution in [0.25, 0.3) is 0 Å². The molecule has 1 unspecified atom stereocenters. The first-order valence-electron chi connectivity index (χ1n) is 5.49. The lowest BCUT2D eigenvalue weighted by Gasteiger charge is -2.30. The molecular formula is C10H24NO3P. The molecule has 5 heteroatoms. The minimum absolute atomic E-state index is 0.486. The van der Waals surface area contributed by atoms with Gasteiger partial charge in [-0.05, 0) is 34.6 Å². The predicted molar refractivity (Wildman–Crippen MR) is 63.7 cm³/mol. The lowest BCUT2D eigenvalue weighted by Crippen LogP contribution is -2.39. The standard InChI is InChI=1S/C10H24NO3P/c1-6-13-15(12)14-8-7-11(9(2)3)10(4)5/h9-10,12H,6-8H2,1-5H3. The Balaban J connectivity index is 3.71. The molecule has 1 atom stereocenters. The van der Waals surface area contributed by atoms with Crippen molar-refractivity contribution in [2.75, 3.05) is 19.8 Å². The van der Waals surface area contributed by atoms with Crippen LogP contribution in [0.1, 0.15) is 34.6 Å². The molecule has 0 rings (SSSR count). The number of hydrogen-bond acceptors (Lipinski definition) is 4. The second-order valence-electron chi connectivity index (χ2n) is 3.91. The van der Waals surface area contributed by atoms with Gasteiger partial charge in [-0.25, -0.2) is 0 Å². The summed E-state index contributed by atoms with van der Waals surface area (Å²) in [5, 5.41) is 0. The number of nitrogens with zero attached hydrogens (tertiary/aromatic N) is 1. The van der Waals surface area contributed by atoms with E-state index in [1.54, 1.807) is 0 Å². The topological polar surface area (TPSA) is 41.9 Å². The minimum atomic E-state index is -1.68. The van der Waals surface area contributed by atoms with Crippen LogP contribution in [0.5, 0.6) is 0 Å². The van der Waals surface area contributed by atoms with Gasteiger partial charge in [0.25, 0.3) is 0 Å². The zero-order chi connectivity index (χ0) is 11.8. The predicted octanol–water partition coefficient (Wildman–Crippen LogP) is 2.38. The normalized spacial score (nSPS) is 14.2. The van der Waals surface area contributed by atoms with Crippen molar-refractivity contribution in [3.8, 4) is 0 Å². The van der Waals surface area contributed by atoms with E-state index < -0.39 is 8.60 Å². The highest BCUT2D eigenvalue weighted by Gasteiger charge is 2.14. The summed E-state index contributed by atoms with van der Waals surface area (Å²) in [5.74, 6) is 0. The molecule has 0 aromatic carbocycles. The lowest BCUT2D eigenvalue weighted by atomic mass is 10.2. The average molecular weight is 237 g/mol. The quantitative estimate of drug-likeness (QED) is 0.658. The second kappa shape index (κ2) is 8.43. The summed E-state index contributed by atoms with van der Waals surface area (Å²) in [5.41, 5.74) is 0. The first-order valence-corrected chi connectivity index (χ1v) is 6.62. The van der Waals surface area contributed by atoms with E-state index >= 15 is 0 Å². The smallest absolute Gasteiger partial charge is 0.328 e. The van der Waals surface area contributed by atoms with Crippen LogP contribution >= 0.6 is 8.60 Å². The Labute approximate surface area is 94.6 Å². The van der Waals surface area contributed by atoms with E-state index in [0.717, 1.165) is 6.54 Å². The van der Waals surface area contributed by atoms with Crippen molar-refractivity contribution in [3.05, 3.63) is 0 Å². The third kappa shape index (κ3) is 7.20. The monoisotopic (exact) mass is 237 g/mol. The maximum Gasteiger partial charge on any atom is 0.329 e. The summed E-state index contributed by atoms with van der Waals surface area (Å²) >= 11 is 0. The van der Waals surface area contributed by atoms with Gasteiger partial charge in [0.2, 0.25) is 0 Å². The van der Waals surface area contributed by atoms with Crippen LogP contribution in [0.2, 0.25) is 0 Å². The van der Waals surface area contributed by atoms with Gasteiger partial charge in [-0.15, -0.1) is 0 Å². The molecule has 0 aliphatic carbocycles. The van der Waals surface area contributed by atoms with Crippen molar-refractivity contribution in [1.29, 1.82) is 0 Å². The highest BCUT2D eigenvalue weighted by atomic mass is 31.2. The van der Waals surface area contributed by atoms with Crippen molar-refractivity contribution >= 4 is 8.60 Å². The Morgan fingerprint density at radius 1 is 1.13 bits per heavy atom. The molecule has 0 aromatic heterocycles.